The third kappa shape index (κ3) is 19.2. The van der Waals surface area contributed by atoms with Crippen LogP contribution in [0.3, 0.4) is 0 Å². The summed E-state index contributed by atoms with van der Waals surface area (Å²) >= 11 is 0. The minimum atomic E-state index is 0.143. The molecule has 0 heterocycles. The van der Waals surface area contributed by atoms with Gasteiger partial charge in [-0.05, 0) is 32.7 Å². The van der Waals surface area contributed by atoms with Crippen LogP contribution in [0.2, 0.25) is 0 Å². The van der Waals surface area contributed by atoms with Crippen LogP contribution in [0.15, 0.2) is 5.18 Å². The highest BCUT2D eigenvalue weighted by molar-refractivity contribution is 5.76. The number of hydrogen-bond acceptors (Lipinski definition) is 4. The second kappa shape index (κ2) is 19.4. The Labute approximate surface area is 155 Å². The van der Waals surface area contributed by atoms with Crippen LogP contribution in [0, 0.1) is 4.91 Å². The van der Waals surface area contributed by atoms with Gasteiger partial charge in [-0.2, -0.15) is 4.91 Å². The van der Waals surface area contributed by atoms with Crippen LogP contribution in [-0.2, 0) is 4.79 Å². The average molecular weight is 356 g/mol. The first-order chi connectivity index (χ1) is 12.2. The van der Waals surface area contributed by atoms with Crippen molar-refractivity contribution in [1.29, 1.82) is 0 Å². The fourth-order valence-electron chi connectivity index (χ4n) is 2.93. The SMILES string of the molecule is CCCCCCCCCCC(C)NC(=O)CCNCCCCCN=O. The van der Waals surface area contributed by atoms with Crippen LogP contribution in [0.25, 0.3) is 0 Å². The zero-order chi connectivity index (χ0) is 18.6. The molecule has 5 nitrogen and oxygen atoms in total. The van der Waals surface area contributed by atoms with Crippen molar-refractivity contribution in [3.63, 3.8) is 0 Å². The Kier molecular flexibility index (Phi) is 18.6. The largest absolute Gasteiger partial charge is 0.354 e. The van der Waals surface area contributed by atoms with Crippen LogP contribution in [0.1, 0.15) is 97.3 Å². The Morgan fingerprint density at radius 3 is 2.20 bits per heavy atom. The molecule has 0 aromatic heterocycles. The Hall–Kier alpha value is -0.970. The Morgan fingerprint density at radius 2 is 1.52 bits per heavy atom. The van der Waals surface area contributed by atoms with Gasteiger partial charge in [-0.15, -0.1) is 0 Å². The van der Waals surface area contributed by atoms with Gasteiger partial charge in [0.25, 0.3) is 0 Å². The molecule has 1 amide bonds. The molecule has 0 aromatic rings. The summed E-state index contributed by atoms with van der Waals surface area (Å²) in [6.07, 6.45) is 15.2. The number of nitrogens with one attached hydrogen (secondary N) is 2. The second-order valence-corrected chi connectivity index (χ2v) is 7.15. The third-order valence-corrected chi connectivity index (χ3v) is 4.53. The fourth-order valence-corrected chi connectivity index (χ4v) is 2.93. The van der Waals surface area contributed by atoms with E-state index in [0.29, 0.717) is 13.0 Å². The number of carbonyl (C=O) groups is 1. The fraction of sp³-hybridized carbons (Fsp3) is 0.950. The lowest BCUT2D eigenvalue weighted by atomic mass is 10.1. The number of amides is 1. The smallest absolute Gasteiger partial charge is 0.221 e. The van der Waals surface area contributed by atoms with E-state index in [4.69, 9.17) is 0 Å². The summed E-state index contributed by atoms with van der Waals surface area (Å²) in [7, 11) is 0. The molecule has 0 aromatic carbocycles. The lowest BCUT2D eigenvalue weighted by Gasteiger charge is -2.14. The standard InChI is InChI=1S/C20H41N3O2/c1-3-4-5-6-7-8-9-11-14-19(2)23-20(24)15-18-21-16-12-10-13-17-22-25/h19,21H,3-18H2,1-2H3,(H,23,24). The summed E-state index contributed by atoms with van der Waals surface area (Å²) in [5, 5.41) is 9.21. The highest BCUT2D eigenvalue weighted by Gasteiger charge is 2.06. The van der Waals surface area contributed by atoms with Crippen molar-refractivity contribution in [3.05, 3.63) is 4.91 Å². The number of hydrogen-bond donors (Lipinski definition) is 2. The minimum Gasteiger partial charge on any atom is -0.354 e. The first-order valence-corrected chi connectivity index (χ1v) is 10.5. The topological polar surface area (TPSA) is 70.6 Å². The molecule has 0 aliphatic rings. The summed E-state index contributed by atoms with van der Waals surface area (Å²) < 4.78 is 0. The van der Waals surface area contributed by atoms with Gasteiger partial charge in [0.1, 0.15) is 0 Å². The molecule has 0 saturated carbocycles. The maximum absolute atomic E-state index is 11.9. The highest BCUT2D eigenvalue weighted by atomic mass is 16.3. The van der Waals surface area contributed by atoms with Gasteiger partial charge in [-0.3, -0.25) is 4.79 Å². The average Bonchev–Trinajstić information content (AvgIpc) is 2.59. The molecule has 0 fully saturated rings. The Balaban J connectivity index is 3.34. The summed E-state index contributed by atoms with van der Waals surface area (Å²) in [5.74, 6) is 0.143. The van der Waals surface area contributed by atoms with Crippen molar-refractivity contribution in [2.24, 2.45) is 5.18 Å². The van der Waals surface area contributed by atoms with Crippen LogP contribution < -0.4 is 10.6 Å². The highest BCUT2D eigenvalue weighted by Crippen LogP contribution is 2.10. The molecule has 0 aliphatic heterocycles. The molecule has 1 atom stereocenters. The quantitative estimate of drug-likeness (QED) is 0.255. The molecule has 0 rings (SSSR count). The first kappa shape index (κ1) is 24.0. The number of carbonyl (C=O) groups excluding carboxylic acids is 1. The lowest BCUT2D eigenvalue weighted by molar-refractivity contribution is -0.121. The van der Waals surface area contributed by atoms with E-state index in [9.17, 15) is 9.70 Å². The molecule has 5 heteroatoms. The molecule has 2 N–H and O–H groups in total. The number of nitroso groups, excluding NO2 is 1. The van der Waals surface area contributed by atoms with Gasteiger partial charge >= 0.3 is 0 Å². The zero-order valence-electron chi connectivity index (χ0n) is 16.7. The van der Waals surface area contributed by atoms with Crippen molar-refractivity contribution < 1.29 is 4.79 Å². The van der Waals surface area contributed by atoms with Gasteiger partial charge in [0, 0.05) is 19.0 Å². The van der Waals surface area contributed by atoms with Crippen molar-refractivity contribution in [1.82, 2.24) is 10.6 Å². The zero-order valence-corrected chi connectivity index (χ0v) is 16.7. The van der Waals surface area contributed by atoms with Gasteiger partial charge in [0.05, 0.1) is 6.54 Å². The second-order valence-electron chi connectivity index (χ2n) is 7.15. The van der Waals surface area contributed by atoms with E-state index < -0.39 is 0 Å². The predicted octanol–water partition coefficient (Wildman–Crippen LogP) is 4.94. The predicted molar refractivity (Wildman–Crippen MR) is 107 cm³/mol. The molecular weight excluding hydrogens is 314 g/mol. The Morgan fingerprint density at radius 1 is 0.880 bits per heavy atom. The number of unbranched alkanes of at least 4 members (excludes halogenated alkanes) is 9. The van der Waals surface area contributed by atoms with E-state index >= 15 is 0 Å². The van der Waals surface area contributed by atoms with E-state index in [-0.39, 0.29) is 11.9 Å². The normalized spacial score (nSPS) is 12.1. The molecular formula is C20H41N3O2. The van der Waals surface area contributed by atoms with Gasteiger partial charge in [-0.25, -0.2) is 0 Å². The van der Waals surface area contributed by atoms with Gasteiger partial charge in [0.15, 0.2) is 0 Å². The molecule has 0 aliphatic carbocycles. The molecule has 148 valence electrons. The van der Waals surface area contributed by atoms with Crippen molar-refractivity contribution in [3.8, 4) is 0 Å². The van der Waals surface area contributed by atoms with E-state index in [1.165, 1.54) is 51.4 Å². The minimum absolute atomic E-state index is 0.143. The molecule has 0 bridgehead atoms. The van der Waals surface area contributed by atoms with Crippen molar-refractivity contribution in [2.75, 3.05) is 19.6 Å². The van der Waals surface area contributed by atoms with Crippen LogP contribution >= 0.6 is 0 Å². The lowest BCUT2D eigenvalue weighted by Crippen LogP contribution is -2.34. The third-order valence-electron chi connectivity index (χ3n) is 4.53. The summed E-state index contributed by atoms with van der Waals surface area (Å²) in [5.41, 5.74) is 0. The molecule has 0 saturated heterocycles. The Bertz CT molecular complexity index is 311. The van der Waals surface area contributed by atoms with Crippen LogP contribution in [-0.4, -0.2) is 31.6 Å². The van der Waals surface area contributed by atoms with E-state index in [1.54, 1.807) is 0 Å². The first-order valence-electron chi connectivity index (χ1n) is 10.5. The monoisotopic (exact) mass is 355 g/mol. The van der Waals surface area contributed by atoms with E-state index in [1.807, 2.05) is 0 Å². The summed E-state index contributed by atoms with van der Waals surface area (Å²) in [6.45, 7) is 6.40. The van der Waals surface area contributed by atoms with E-state index in [0.717, 1.165) is 38.8 Å². The van der Waals surface area contributed by atoms with Crippen molar-refractivity contribution >= 4 is 5.91 Å². The maximum atomic E-state index is 11.9. The molecule has 0 radical (unpaired) electrons. The summed E-state index contributed by atoms with van der Waals surface area (Å²) in [6, 6.07) is 0.281. The van der Waals surface area contributed by atoms with Crippen molar-refractivity contribution in [2.45, 2.75) is 103 Å². The van der Waals surface area contributed by atoms with Crippen LogP contribution in [0.5, 0.6) is 0 Å². The number of nitrogens with zero attached hydrogens (tertiary/aromatic N) is 1. The van der Waals surface area contributed by atoms with Crippen LogP contribution in [0.4, 0.5) is 0 Å². The maximum Gasteiger partial charge on any atom is 0.221 e. The van der Waals surface area contributed by atoms with Gasteiger partial charge in [-0.1, -0.05) is 69.9 Å². The molecule has 1 unspecified atom stereocenters. The molecule has 0 spiro atoms. The summed E-state index contributed by atoms with van der Waals surface area (Å²) in [4.78, 5) is 21.8. The number of rotatable bonds is 19. The molecule has 25 heavy (non-hydrogen) atoms. The van der Waals surface area contributed by atoms with Gasteiger partial charge < -0.3 is 10.6 Å². The van der Waals surface area contributed by atoms with E-state index in [2.05, 4.69) is 29.7 Å². The van der Waals surface area contributed by atoms with Gasteiger partial charge in [0.2, 0.25) is 5.91 Å².